The Bertz CT molecular complexity index is 479. The van der Waals surface area contributed by atoms with Crippen molar-refractivity contribution in [2.45, 2.75) is 88.3 Å². The molecule has 0 amide bonds. The second-order valence-corrected chi connectivity index (χ2v) is 8.56. The molecule has 1 aliphatic carbocycles. The van der Waals surface area contributed by atoms with Crippen molar-refractivity contribution >= 4 is 5.97 Å². The van der Waals surface area contributed by atoms with Gasteiger partial charge in [-0.3, -0.25) is 4.79 Å². The lowest BCUT2D eigenvalue weighted by molar-refractivity contribution is -0.137. The highest BCUT2D eigenvalue weighted by molar-refractivity contribution is 5.66. The summed E-state index contributed by atoms with van der Waals surface area (Å²) in [5, 5.41) is 8.92. The summed E-state index contributed by atoms with van der Waals surface area (Å²) in [7, 11) is 0. The van der Waals surface area contributed by atoms with Crippen molar-refractivity contribution in [1.82, 2.24) is 0 Å². The Kier molecular flexibility index (Phi) is 6.14. The molecule has 1 N–H and O–H groups in total. The van der Waals surface area contributed by atoms with Gasteiger partial charge in [0.2, 0.25) is 0 Å². The van der Waals surface area contributed by atoms with E-state index in [0.29, 0.717) is 43.5 Å². The van der Waals surface area contributed by atoms with Gasteiger partial charge in [0.05, 0.1) is 38.1 Å². The van der Waals surface area contributed by atoms with Crippen LogP contribution in [0.15, 0.2) is 0 Å². The van der Waals surface area contributed by atoms with Crippen LogP contribution in [0.1, 0.15) is 57.8 Å². The van der Waals surface area contributed by atoms with Gasteiger partial charge >= 0.3 is 5.97 Å². The van der Waals surface area contributed by atoms with Crippen LogP contribution in [0.25, 0.3) is 0 Å². The van der Waals surface area contributed by atoms with Gasteiger partial charge in [0, 0.05) is 6.42 Å². The Hall–Kier alpha value is -0.690. The van der Waals surface area contributed by atoms with E-state index in [0.717, 1.165) is 38.2 Å². The molecule has 26 heavy (non-hydrogen) atoms. The molecule has 6 nitrogen and oxygen atoms in total. The monoisotopic (exact) mass is 368 g/mol. The second-order valence-electron chi connectivity index (χ2n) is 8.56. The normalized spacial score (nSPS) is 38.5. The number of carboxylic acid groups (broad SMARTS) is 1. The van der Waals surface area contributed by atoms with Crippen molar-refractivity contribution < 1.29 is 28.8 Å². The van der Waals surface area contributed by atoms with Crippen LogP contribution in [-0.2, 0) is 23.7 Å². The number of hydrogen-bond acceptors (Lipinski definition) is 5. The highest BCUT2D eigenvalue weighted by atomic mass is 16.6. The van der Waals surface area contributed by atoms with Crippen molar-refractivity contribution in [3.63, 3.8) is 0 Å². The van der Waals surface area contributed by atoms with E-state index in [1.807, 2.05) is 0 Å². The molecule has 1 saturated carbocycles. The maximum Gasteiger partial charge on any atom is 0.303 e. The molecular weight excluding hydrogens is 336 g/mol. The van der Waals surface area contributed by atoms with E-state index in [9.17, 15) is 4.79 Å². The molecule has 0 aromatic rings. The smallest absolute Gasteiger partial charge is 0.303 e. The van der Waals surface area contributed by atoms with E-state index in [1.54, 1.807) is 0 Å². The minimum Gasteiger partial charge on any atom is -0.481 e. The maximum absolute atomic E-state index is 10.8. The van der Waals surface area contributed by atoms with Gasteiger partial charge in [-0.1, -0.05) is 0 Å². The quantitative estimate of drug-likeness (QED) is 0.503. The van der Waals surface area contributed by atoms with Crippen LogP contribution in [0.4, 0.5) is 0 Å². The lowest BCUT2D eigenvalue weighted by Gasteiger charge is -2.25. The van der Waals surface area contributed by atoms with E-state index in [2.05, 4.69) is 0 Å². The van der Waals surface area contributed by atoms with Crippen molar-refractivity contribution in [3.05, 3.63) is 0 Å². The highest BCUT2D eigenvalue weighted by Crippen LogP contribution is 2.43. The highest BCUT2D eigenvalue weighted by Gasteiger charge is 2.44. The fraction of sp³-hybridized carbons (Fsp3) is 0.950. The van der Waals surface area contributed by atoms with Gasteiger partial charge in [-0.15, -0.1) is 0 Å². The standard InChI is InChI=1S/C20H32O6/c21-20(22)3-1-2-13(8-14-5-7-16-18(9-14)25-16)4-6-17-19(26-17)12-23-10-15-11-24-15/h13-19H,1-12H2,(H,21,22). The lowest BCUT2D eigenvalue weighted by atomic mass is 9.79. The largest absolute Gasteiger partial charge is 0.481 e. The molecule has 3 aliphatic heterocycles. The van der Waals surface area contributed by atoms with Crippen LogP contribution in [0.5, 0.6) is 0 Å². The van der Waals surface area contributed by atoms with E-state index in [1.165, 1.54) is 25.7 Å². The lowest BCUT2D eigenvalue weighted by Crippen LogP contribution is -2.18. The Morgan fingerprint density at radius 1 is 1.12 bits per heavy atom. The van der Waals surface area contributed by atoms with Gasteiger partial charge in [0.25, 0.3) is 0 Å². The summed E-state index contributed by atoms with van der Waals surface area (Å²) in [5.41, 5.74) is 0. The molecule has 0 bridgehead atoms. The minimum atomic E-state index is -0.682. The first-order chi connectivity index (χ1) is 12.7. The molecule has 3 saturated heterocycles. The Balaban J connectivity index is 1.14. The Morgan fingerprint density at radius 2 is 2.00 bits per heavy atom. The molecule has 7 atom stereocenters. The SMILES string of the molecule is O=C(O)CCCC(CCC1OC1COCC1CO1)CC1CCC2OC2C1. The number of carboxylic acids is 1. The van der Waals surface area contributed by atoms with Gasteiger partial charge in [-0.05, 0) is 63.2 Å². The molecule has 3 heterocycles. The fourth-order valence-corrected chi connectivity index (χ4v) is 4.55. The molecule has 4 aliphatic rings. The van der Waals surface area contributed by atoms with Crippen LogP contribution in [-0.4, -0.2) is 61.4 Å². The summed E-state index contributed by atoms with van der Waals surface area (Å²) >= 11 is 0. The molecule has 4 fully saturated rings. The summed E-state index contributed by atoms with van der Waals surface area (Å²) in [6, 6.07) is 0. The fourth-order valence-electron chi connectivity index (χ4n) is 4.55. The van der Waals surface area contributed by atoms with Crippen molar-refractivity contribution in [1.29, 1.82) is 0 Å². The number of rotatable bonds is 13. The van der Waals surface area contributed by atoms with Crippen molar-refractivity contribution in [2.75, 3.05) is 19.8 Å². The molecule has 6 heteroatoms. The van der Waals surface area contributed by atoms with Gasteiger partial charge in [0.15, 0.2) is 0 Å². The average Bonchev–Trinajstić information content (AvgIpc) is 3.48. The van der Waals surface area contributed by atoms with Crippen molar-refractivity contribution in [2.24, 2.45) is 11.8 Å². The number of carbonyl (C=O) groups is 1. The predicted octanol–water partition coefficient (Wildman–Crippen LogP) is 2.78. The predicted molar refractivity (Wildman–Crippen MR) is 94.0 cm³/mol. The van der Waals surface area contributed by atoms with Crippen LogP contribution in [0.2, 0.25) is 0 Å². The minimum absolute atomic E-state index is 0.253. The van der Waals surface area contributed by atoms with Gasteiger partial charge < -0.3 is 24.1 Å². The zero-order chi connectivity index (χ0) is 17.9. The molecular formula is C20H32O6. The number of ether oxygens (including phenoxy) is 4. The average molecular weight is 368 g/mol. The third kappa shape index (κ3) is 5.91. The van der Waals surface area contributed by atoms with E-state index in [4.69, 9.17) is 24.1 Å². The molecule has 4 rings (SSSR count). The molecule has 0 aromatic heterocycles. The summed E-state index contributed by atoms with van der Waals surface area (Å²) in [6.45, 7) is 2.20. The first kappa shape index (κ1) is 18.7. The molecule has 0 aromatic carbocycles. The van der Waals surface area contributed by atoms with Gasteiger partial charge in [-0.25, -0.2) is 0 Å². The summed E-state index contributed by atoms with van der Waals surface area (Å²) in [6.07, 6.45) is 11.2. The number of hydrogen-bond donors (Lipinski definition) is 1. The molecule has 0 spiro atoms. The first-order valence-electron chi connectivity index (χ1n) is 10.4. The van der Waals surface area contributed by atoms with E-state index < -0.39 is 5.97 Å². The van der Waals surface area contributed by atoms with Crippen molar-refractivity contribution in [3.8, 4) is 0 Å². The number of fused-ring (bicyclic) bond motifs is 1. The summed E-state index contributed by atoms with van der Waals surface area (Å²) < 4.78 is 22.2. The Morgan fingerprint density at radius 3 is 2.77 bits per heavy atom. The third-order valence-electron chi connectivity index (χ3n) is 6.32. The molecule has 7 unspecified atom stereocenters. The van der Waals surface area contributed by atoms with Crippen LogP contribution < -0.4 is 0 Å². The molecule has 0 radical (unpaired) electrons. The van der Waals surface area contributed by atoms with Gasteiger partial charge in [-0.2, -0.15) is 0 Å². The van der Waals surface area contributed by atoms with E-state index in [-0.39, 0.29) is 12.5 Å². The number of aliphatic carboxylic acids is 1. The first-order valence-corrected chi connectivity index (χ1v) is 10.4. The zero-order valence-corrected chi connectivity index (χ0v) is 15.5. The van der Waals surface area contributed by atoms with Crippen LogP contribution in [0.3, 0.4) is 0 Å². The van der Waals surface area contributed by atoms with E-state index >= 15 is 0 Å². The topological polar surface area (TPSA) is 84.1 Å². The zero-order valence-electron chi connectivity index (χ0n) is 15.5. The van der Waals surface area contributed by atoms with Crippen LogP contribution >= 0.6 is 0 Å². The Labute approximate surface area is 155 Å². The maximum atomic E-state index is 10.8. The summed E-state index contributed by atoms with van der Waals surface area (Å²) in [5.74, 6) is 0.685. The number of epoxide rings is 3. The third-order valence-corrected chi connectivity index (χ3v) is 6.32. The molecule has 148 valence electrons. The van der Waals surface area contributed by atoms with Crippen LogP contribution in [0, 0.1) is 11.8 Å². The van der Waals surface area contributed by atoms with Gasteiger partial charge in [0.1, 0.15) is 12.2 Å². The summed E-state index contributed by atoms with van der Waals surface area (Å²) in [4.78, 5) is 10.8. The second kappa shape index (κ2) is 8.55.